The van der Waals surface area contributed by atoms with Gasteiger partial charge >= 0.3 is 5.97 Å². The minimum absolute atomic E-state index is 0.0175. The van der Waals surface area contributed by atoms with E-state index in [2.05, 4.69) is 5.32 Å². The van der Waals surface area contributed by atoms with Crippen molar-refractivity contribution >= 4 is 51.4 Å². The second kappa shape index (κ2) is 7.96. The molecule has 0 aliphatic carbocycles. The SMILES string of the molecule is CCOC(=O)c1cc(CC)sc1NC(=O)c1cc(F)c(Cl)cc1Cl. The summed E-state index contributed by atoms with van der Waals surface area (Å²) in [6.07, 6.45) is 0.698. The molecule has 0 atom stereocenters. The quantitative estimate of drug-likeness (QED) is 0.565. The maximum atomic E-state index is 13.6. The highest BCUT2D eigenvalue weighted by Gasteiger charge is 2.21. The summed E-state index contributed by atoms with van der Waals surface area (Å²) in [7, 11) is 0. The molecule has 0 bridgehead atoms. The van der Waals surface area contributed by atoms with Gasteiger partial charge < -0.3 is 10.1 Å². The Bertz CT molecular complexity index is 792. The third kappa shape index (κ3) is 4.06. The molecule has 1 aromatic heterocycles. The van der Waals surface area contributed by atoms with Crippen LogP contribution in [0.5, 0.6) is 0 Å². The van der Waals surface area contributed by atoms with E-state index in [-0.39, 0.29) is 27.8 Å². The smallest absolute Gasteiger partial charge is 0.341 e. The lowest BCUT2D eigenvalue weighted by molar-refractivity contribution is 0.0528. The van der Waals surface area contributed by atoms with Gasteiger partial charge in [0.2, 0.25) is 0 Å². The number of carbonyl (C=O) groups is 2. The van der Waals surface area contributed by atoms with Gasteiger partial charge in [0.05, 0.1) is 27.8 Å². The van der Waals surface area contributed by atoms with E-state index in [9.17, 15) is 14.0 Å². The number of hydrogen-bond acceptors (Lipinski definition) is 4. The highest BCUT2D eigenvalue weighted by Crippen LogP contribution is 2.31. The van der Waals surface area contributed by atoms with Crippen molar-refractivity contribution in [2.45, 2.75) is 20.3 Å². The normalized spacial score (nSPS) is 10.5. The van der Waals surface area contributed by atoms with E-state index < -0.39 is 17.7 Å². The zero-order valence-electron chi connectivity index (χ0n) is 12.9. The van der Waals surface area contributed by atoms with Crippen LogP contribution >= 0.6 is 34.5 Å². The number of rotatable bonds is 5. The summed E-state index contributed by atoms with van der Waals surface area (Å²) in [6, 6.07) is 3.78. The van der Waals surface area contributed by atoms with Gasteiger partial charge in [0.25, 0.3) is 5.91 Å². The molecular formula is C16H14Cl2FNO3S. The Hall–Kier alpha value is -1.63. The van der Waals surface area contributed by atoms with Crippen LogP contribution in [-0.2, 0) is 11.2 Å². The van der Waals surface area contributed by atoms with Crippen molar-refractivity contribution in [1.82, 2.24) is 0 Å². The zero-order chi connectivity index (χ0) is 17.9. The largest absolute Gasteiger partial charge is 0.462 e. The summed E-state index contributed by atoms with van der Waals surface area (Å²) >= 11 is 12.8. The number of amides is 1. The summed E-state index contributed by atoms with van der Waals surface area (Å²) in [5.74, 6) is -1.92. The van der Waals surface area contributed by atoms with E-state index in [1.807, 2.05) is 6.92 Å². The number of esters is 1. The molecule has 1 aromatic carbocycles. The second-order valence-electron chi connectivity index (χ2n) is 4.73. The van der Waals surface area contributed by atoms with Gasteiger partial charge in [-0.25, -0.2) is 9.18 Å². The maximum absolute atomic E-state index is 13.6. The average Bonchev–Trinajstić information content (AvgIpc) is 2.94. The van der Waals surface area contributed by atoms with Crippen molar-refractivity contribution < 1.29 is 18.7 Å². The van der Waals surface area contributed by atoms with Crippen molar-refractivity contribution in [3.05, 3.63) is 50.1 Å². The number of nitrogens with one attached hydrogen (secondary N) is 1. The molecule has 0 fully saturated rings. The standard InChI is InChI=1S/C16H14Cl2FNO3S/c1-3-8-5-10(16(22)23-4-2)15(24-8)20-14(21)9-6-13(19)12(18)7-11(9)17/h5-7H,3-4H2,1-2H3,(H,20,21). The van der Waals surface area contributed by atoms with Crippen molar-refractivity contribution in [3.8, 4) is 0 Å². The molecule has 1 heterocycles. The van der Waals surface area contributed by atoms with Crippen LogP contribution in [0.3, 0.4) is 0 Å². The zero-order valence-corrected chi connectivity index (χ0v) is 15.2. The lowest BCUT2D eigenvalue weighted by Gasteiger charge is -2.08. The molecule has 2 rings (SSSR count). The fraction of sp³-hybridized carbons (Fsp3) is 0.250. The minimum Gasteiger partial charge on any atom is -0.462 e. The first-order valence-corrected chi connectivity index (χ1v) is 8.70. The van der Waals surface area contributed by atoms with E-state index in [1.165, 1.54) is 11.3 Å². The van der Waals surface area contributed by atoms with Crippen LogP contribution in [0.25, 0.3) is 0 Å². The van der Waals surface area contributed by atoms with Gasteiger partial charge in [0, 0.05) is 4.88 Å². The minimum atomic E-state index is -0.753. The second-order valence-corrected chi connectivity index (χ2v) is 6.68. The number of aryl methyl sites for hydroxylation is 1. The van der Waals surface area contributed by atoms with Crippen LogP contribution in [0, 0.1) is 5.82 Å². The average molecular weight is 390 g/mol. The third-order valence-corrected chi connectivity index (χ3v) is 4.91. The van der Waals surface area contributed by atoms with Gasteiger partial charge in [0.15, 0.2) is 0 Å². The summed E-state index contributed by atoms with van der Waals surface area (Å²) < 4.78 is 18.6. The predicted molar refractivity (Wildman–Crippen MR) is 94.0 cm³/mol. The Morgan fingerprint density at radius 3 is 2.50 bits per heavy atom. The van der Waals surface area contributed by atoms with Crippen LogP contribution < -0.4 is 5.32 Å². The fourth-order valence-electron chi connectivity index (χ4n) is 1.94. The van der Waals surface area contributed by atoms with Crippen molar-refractivity contribution in [2.24, 2.45) is 0 Å². The van der Waals surface area contributed by atoms with Gasteiger partial charge in [0.1, 0.15) is 10.8 Å². The molecular weight excluding hydrogens is 376 g/mol. The Balaban J connectivity index is 2.33. The number of hydrogen-bond donors (Lipinski definition) is 1. The number of benzene rings is 1. The number of thiophene rings is 1. The molecule has 128 valence electrons. The van der Waals surface area contributed by atoms with E-state index in [0.717, 1.165) is 17.0 Å². The molecule has 0 saturated carbocycles. The molecule has 2 aromatic rings. The molecule has 0 unspecified atom stereocenters. The molecule has 0 aliphatic heterocycles. The molecule has 1 N–H and O–H groups in total. The van der Waals surface area contributed by atoms with Crippen LogP contribution in [0.1, 0.15) is 39.4 Å². The first-order chi connectivity index (χ1) is 11.4. The highest BCUT2D eigenvalue weighted by atomic mass is 35.5. The molecule has 1 amide bonds. The lowest BCUT2D eigenvalue weighted by atomic mass is 10.2. The van der Waals surface area contributed by atoms with Crippen LogP contribution in [0.4, 0.5) is 9.39 Å². The monoisotopic (exact) mass is 389 g/mol. The number of anilines is 1. The summed E-state index contributed by atoms with van der Waals surface area (Å²) in [5, 5.41) is 2.77. The van der Waals surface area contributed by atoms with E-state index in [1.54, 1.807) is 13.0 Å². The van der Waals surface area contributed by atoms with Gasteiger partial charge in [-0.15, -0.1) is 11.3 Å². The molecule has 0 spiro atoms. The van der Waals surface area contributed by atoms with E-state index in [0.29, 0.717) is 11.4 Å². The van der Waals surface area contributed by atoms with Crippen molar-refractivity contribution in [2.75, 3.05) is 11.9 Å². The van der Waals surface area contributed by atoms with E-state index in [4.69, 9.17) is 27.9 Å². The number of halogens is 3. The Morgan fingerprint density at radius 1 is 1.17 bits per heavy atom. The molecule has 24 heavy (non-hydrogen) atoms. The Morgan fingerprint density at radius 2 is 1.88 bits per heavy atom. The first kappa shape index (κ1) is 18.7. The van der Waals surface area contributed by atoms with Crippen LogP contribution in [0.15, 0.2) is 18.2 Å². The number of carbonyl (C=O) groups excluding carboxylic acids is 2. The third-order valence-electron chi connectivity index (χ3n) is 3.11. The molecule has 8 heteroatoms. The van der Waals surface area contributed by atoms with Crippen LogP contribution in [0.2, 0.25) is 10.0 Å². The van der Waals surface area contributed by atoms with E-state index >= 15 is 0 Å². The van der Waals surface area contributed by atoms with Gasteiger partial charge in [-0.3, -0.25) is 4.79 Å². The van der Waals surface area contributed by atoms with Gasteiger partial charge in [-0.1, -0.05) is 30.1 Å². The fourth-order valence-corrected chi connectivity index (χ4v) is 3.38. The Labute approximate surface area is 152 Å². The summed E-state index contributed by atoms with van der Waals surface area (Å²) in [6.45, 7) is 3.84. The summed E-state index contributed by atoms with van der Waals surface area (Å²) in [4.78, 5) is 25.3. The van der Waals surface area contributed by atoms with Gasteiger partial charge in [-0.05, 0) is 31.5 Å². The van der Waals surface area contributed by atoms with Crippen LogP contribution in [-0.4, -0.2) is 18.5 Å². The molecule has 0 radical (unpaired) electrons. The maximum Gasteiger partial charge on any atom is 0.341 e. The van der Waals surface area contributed by atoms with Crippen molar-refractivity contribution in [1.29, 1.82) is 0 Å². The van der Waals surface area contributed by atoms with Crippen molar-refractivity contribution in [3.63, 3.8) is 0 Å². The first-order valence-electron chi connectivity index (χ1n) is 7.13. The molecule has 4 nitrogen and oxygen atoms in total. The number of ether oxygens (including phenoxy) is 1. The van der Waals surface area contributed by atoms with Gasteiger partial charge in [-0.2, -0.15) is 0 Å². The Kier molecular flexibility index (Phi) is 6.21. The lowest BCUT2D eigenvalue weighted by Crippen LogP contribution is -2.15. The molecule has 0 aliphatic rings. The summed E-state index contributed by atoms with van der Waals surface area (Å²) in [5.41, 5.74) is 0.192. The molecule has 0 saturated heterocycles. The predicted octanol–water partition coefficient (Wildman–Crippen LogP) is 5.19. The topological polar surface area (TPSA) is 55.4 Å². The highest BCUT2D eigenvalue weighted by molar-refractivity contribution is 7.16.